The Labute approximate surface area is 102 Å². The second kappa shape index (κ2) is 5.89. The van der Waals surface area contributed by atoms with Gasteiger partial charge in [0.15, 0.2) is 5.78 Å². The Hall–Kier alpha value is -1.26. The van der Waals surface area contributed by atoms with Crippen molar-refractivity contribution in [3.8, 4) is 0 Å². The monoisotopic (exact) mass is 233 g/mol. The molecule has 4 nitrogen and oxygen atoms in total. The molecule has 2 N–H and O–H groups in total. The van der Waals surface area contributed by atoms with Crippen molar-refractivity contribution in [2.24, 2.45) is 5.73 Å². The van der Waals surface area contributed by atoms with E-state index in [0.717, 1.165) is 19.4 Å². The molecule has 0 spiro atoms. The van der Waals surface area contributed by atoms with Crippen LogP contribution in [0.25, 0.3) is 0 Å². The lowest BCUT2D eigenvalue weighted by molar-refractivity contribution is 0.0846. The van der Waals surface area contributed by atoms with E-state index in [-0.39, 0.29) is 5.78 Å². The van der Waals surface area contributed by atoms with Gasteiger partial charge in [0, 0.05) is 18.8 Å². The fourth-order valence-corrected chi connectivity index (χ4v) is 2.33. The predicted octanol–water partition coefficient (Wildman–Crippen LogP) is 1.08. The lowest BCUT2D eigenvalue weighted by Gasteiger charge is -2.34. The zero-order valence-electron chi connectivity index (χ0n) is 10.0. The lowest BCUT2D eigenvalue weighted by atomic mass is 10.0. The minimum absolute atomic E-state index is 0.0888. The van der Waals surface area contributed by atoms with E-state index in [0.29, 0.717) is 24.8 Å². The number of carbonyl (C=O) groups excluding carboxylic acids is 1. The van der Waals surface area contributed by atoms with Gasteiger partial charge in [0.25, 0.3) is 0 Å². The van der Waals surface area contributed by atoms with Gasteiger partial charge in [-0.1, -0.05) is 12.5 Å². The SMILES string of the molecule is NC[C@@H]1CCCCN1CC(=O)c1ccccn1. The number of nitrogens with zero attached hydrogens (tertiary/aromatic N) is 2. The lowest BCUT2D eigenvalue weighted by Crippen LogP contribution is -2.46. The quantitative estimate of drug-likeness (QED) is 0.790. The van der Waals surface area contributed by atoms with Crippen LogP contribution in [0.5, 0.6) is 0 Å². The van der Waals surface area contributed by atoms with Crippen LogP contribution in [0.2, 0.25) is 0 Å². The number of nitrogens with two attached hydrogens (primary N) is 1. The van der Waals surface area contributed by atoms with Crippen LogP contribution >= 0.6 is 0 Å². The Morgan fingerprint density at radius 3 is 3.06 bits per heavy atom. The summed E-state index contributed by atoms with van der Waals surface area (Å²) in [7, 11) is 0. The van der Waals surface area contributed by atoms with Gasteiger partial charge < -0.3 is 5.73 Å². The molecule has 0 bridgehead atoms. The molecule has 1 fully saturated rings. The fourth-order valence-electron chi connectivity index (χ4n) is 2.33. The Morgan fingerprint density at radius 2 is 2.35 bits per heavy atom. The van der Waals surface area contributed by atoms with Crippen molar-refractivity contribution in [3.63, 3.8) is 0 Å². The van der Waals surface area contributed by atoms with Crippen molar-refractivity contribution < 1.29 is 4.79 Å². The molecule has 2 rings (SSSR count). The summed E-state index contributed by atoms with van der Waals surface area (Å²) in [5.74, 6) is 0.0888. The summed E-state index contributed by atoms with van der Waals surface area (Å²) < 4.78 is 0. The molecule has 0 aliphatic carbocycles. The van der Waals surface area contributed by atoms with Gasteiger partial charge in [-0.05, 0) is 31.5 Å². The first-order valence-corrected chi connectivity index (χ1v) is 6.19. The van der Waals surface area contributed by atoms with Crippen molar-refractivity contribution in [3.05, 3.63) is 30.1 Å². The number of ketones is 1. The predicted molar refractivity (Wildman–Crippen MR) is 66.8 cm³/mol. The van der Waals surface area contributed by atoms with E-state index in [9.17, 15) is 4.79 Å². The normalized spacial score (nSPS) is 21.4. The zero-order chi connectivity index (χ0) is 12.1. The number of carbonyl (C=O) groups is 1. The first kappa shape index (κ1) is 12.2. The Bertz CT molecular complexity index is 366. The Kier molecular flexibility index (Phi) is 4.23. The summed E-state index contributed by atoms with van der Waals surface area (Å²) in [6, 6.07) is 5.79. The standard InChI is InChI=1S/C13H19N3O/c14-9-11-5-2-4-8-16(11)10-13(17)12-6-1-3-7-15-12/h1,3,6-7,11H,2,4-5,8-10,14H2/t11-/m0/s1. The van der Waals surface area contributed by atoms with Crippen LogP contribution in [-0.2, 0) is 0 Å². The summed E-state index contributed by atoms with van der Waals surface area (Å²) in [6.07, 6.45) is 5.14. The van der Waals surface area contributed by atoms with E-state index in [1.165, 1.54) is 6.42 Å². The average Bonchev–Trinajstić information content (AvgIpc) is 2.40. The molecular weight excluding hydrogens is 214 g/mol. The van der Waals surface area contributed by atoms with Crippen LogP contribution in [-0.4, -0.2) is 41.3 Å². The van der Waals surface area contributed by atoms with Gasteiger partial charge in [-0.15, -0.1) is 0 Å². The highest BCUT2D eigenvalue weighted by atomic mass is 16.1. The Morgan fingerprint density at radius 1 is 1.47 bits per heavy atom. The minimum Gasteiger partial charge on any atom is -0.329 e. The fraction of sp³-hybridized carbons (Fsp3) is 0.538. The van der Waals surface area contributed by atoms with Crippen molar-refractivity contribution in [1.29, 1.82) is 0 Å². The molecule has 0 radical (unpaired) electrons. The third-order valence-electron chi connectivity index (χ3n) is 3.32. The maximum atomic E-state index is 12.0. The van der Waals surface area contributed by atoms with E-state index in [2.05, 4.69) is 9.88 Å². The molecule has 17 heavy (non-hydrogen) atoms. The molecule has 92 valence electrons. The third-order valence-corrected chi connectivity index (χ3v) is 3.32. The van der Waals surface area contributed by atoms with Gasteiger partial charge >= 0.3 is 0 Å². The Balaban J connectivity index is 1.98. The zero-order valence-corrected chi connectivity index (χ0v) is 10.0. The number of hydrogen-bond donors (Lipinski definition) is 1. The molecule has 1 aromatic heterocycles. The van der Waals surface area contributed by atoms with E-state index >= 15 is 0 Å². The first-order valence-electron chi connectivity index (χ1n) is 6.19. The summed E-state index contributed by atoms with van der Waals surface area (Å²) in [5.41, 5.74) is 6.29. The van der Waals surface area contributed by atoms with Gasteiger partial charge in [-0.25, -0.2) is 0 Å². The first-order chi connectivity index (χ1) is 8.31. The van der Waals surface area contributed by atoms with Crippen LogP contribution in [0.3, 0.4) is 0 Å². The van der Waals surface area contributed by atoms with Crippen molar-refractivity contribution in [1.82, 2.24) is 9.88 Å². The number of Topliss-reactive ketones (excluding diaryl/α,β-unsaturated/α-hetero) is 1. The number of likely N-dealkylation sites (tertiary alicyclic amines) is 1. The second-order valence-electron chi connectivity index (χ2n) is 4.49. The number of piperidine rings is 1. The third kappa shape index (κ3) is 3.11. The van der Waals surface area contributed by atoms with E-state index < -0.39 is 0 Å². The number of pyridine rings is 1. The largest absolute Gasteiger partial charge is 0.329 e. The smallest absolute Gasteiger partial charge is 0.195 e. The van der Waals surface area contributed by atoms with Crippen LogP contribution in [0.15, 0.2) is 24.4 Å². The van der Waals surface area contributed by atoms with Crippen LogP contribution < -0.4 is 5.73 Å². The molecule has 0 aromatic carbocycles. The molecule has 1 atom stereocenters. The molecule has 1 saturated heterocycles. The molecular formula is C13H19N3O. The van der Waals surface area contributed by atoms with Crippen LogP contribution in [0.1, 0.15) is 29.8 Å². The second-order valence-corrected chi connectivity index (χ2v) is 4.49. The highest BCUT2D eigenvalue weighted by molar-refractivity contribution is 5.95. The van der Waals surface area contributed by atoms with Crippen molar-refractivity contribution in [2.45, 2.75) is 25.3 Å². The van der Waals surface area contributed by atoms with Crippen molar-refractivity contribution in [2.75, 3.05) is 19.6 Å². The number of aromatic nitrogens is 1. The van der Waals surface area contributed by atoms with Crippen molar-refractivity contribution >= 4 is 5.78 Å². The molecule has 0 saturated carbocycles. The highest BCUT2D eigenvalue weighted by Crippen LogP contribution is 2.16. The van der Waals surface area contributed by atoms with E-state index in [4.69, 9.17) is 5.73 Å². The average molecular weight is 233 g/mol. The van der Waals surface area contributed by atoms with Gasteiger partial charge in [-0.2, -0.15) is 0 Å². The summed E-state index contributed by atoms with van der Waals surface area (Å²) in [5, 5.41) is 0. The molecule has 2 heterocycles. The summed E-state index contributed by atoms with van der Waals surface area (Å²) >= 11 is 0. The number of rotatable bonds is 4. The molecule has 1 aromatic rings. The van der Waals surface area contributed by atoms with Gasteiger partial charge in [0.1, 0.15) is 5.69 Å². The molecule has 0 unspecified atom stereocenters. The van der Waals surface area contributed by atoms with Gasteiger partial charge in [0.05, 0.1) is 6.54 Å². The van der Waals surface area contributed by atoms with Crippen LogP contribution in [0, 0.1) is 0 Å². The molecule has 1 aliphatic heterocycles. The maximum absolute atomic E-state index is 12.0. The summed E-state index contributed by atoms with van der Waals surface area (Å²) in [6.45, 7) is 2.05. The minimum atomic E-state index is 0.0888. The molecule has 1 aliphatic rings. The van der Waals surface area contributed by atoms with E-state index in [1.54, 1.807) is 12.3 Å². The van der Waals surface area contributed by atoms with Gasteiger partial charge in [-0.3, -0.25) is 14.7 Å². The molecule has 0 amide bonds. The van der Waals surface area contributed by atoms with Crippen LogP contribution in [0.4, 0.5) is 0 Å². The van der Waals surface area contributed by atoms with E-state index in [1.807, 2.05) is 12.1 Å². The highest BCUT2D eigenvalue weighted by Gasteiger charge is 2.23. The maximum Gasteiger partial charge on any atom is 0.195 e. The van der Waals surface area contributed by atoms with Gasteiger partial charge in [0.2, 0.25) is 0 Å². The topological polar surface area (TPSA) is 59.2 Å². The molecule has 4 heteroatoms. The number of hydrogen-bond acceptors (Lipinski definition) is 4. The summed E-state index contributed by atoms with van der Waals surface area (Å²) in [4.78, 5) is 18.3.